The number of aliphatic imine (C=N–C) groups is 2. The number of rotatable bonds is 8. The molecule has 1 atom stereocenters. The molecule has 1 unspecified atom stereocenters. The zero-order valence-electron chi connectivity index (χ0n) is 19.0. The highest BCUT2D eigenvalue weighted by atomic mass is 35.5. The van der Waals surface area contributed by atoms with Crippen molar-refractivity contribution in [3.63, 3.8) is 0 Å². The van der Waals surface area contributed by atoms with E-state index in [4.69, 9.17) is 21.7 Å². The molecule has 1 amide bonds. The number of aliphatic hydroxyl groups excluding tert-OH is 1. The molecule has 1 aromatic heterocycles. The van der Waals surface area contributed by atoms with Crippen LogP contribution in [-0.4, -0.2) is 76.5 Å². The number of nitrogens with one attached hydrogen (secondary N) is 4. The third-order valence-corrected chi connectivity index (χ3v) is 6.71. The van der Waals surface area contributed by atoms with E-state index >= 15 is 0 Å². The smallest absolute Gasteiger partial charge is 0.251 e. The van der Waals surface area contributed by atoms with Gasteiger partial charge in [-0.25, -0.2) is 4.98 Å². The molecule has 2 fully saturated rings. The number of aliphatic hydroxyl groups is 1. The maximum atomic E-state index is 13.1. The number of fused-ring (bicyclic) bond motifs is 1. The number of hydrazine groups is 1. The van der Waals surface area contributed by atoms with Crippen molar-refractivity contribution >= 4 is 34.9 Å². The van der Waals surface area contributed by atoms with Crippen LogP contribution in [0, 0.1) is 0 Å². The van der Waals surface area contributed by atoms with Gasteiger partial charge in [0.05, 0.1) is 24.9 Å². The van der Waals surface area contributed by atoms with Gasteiger partial charge >= 0.3 is 0 Å². The number of halogens is 1. The Morgan fingerprint density at radius 2 is 2.03 bits per heavy atom. The van der Waals surface area contributed by atoms with E-state index in [1.165, 1.54) is 0 Å². The van der Waals surface area contributed by atoms with Crippen LogP contribution in [0.1, 0.15) is 38.5 Å². The Labute approximate surface area is 203 Å². The van der Waals surface area contributed by atoms with Crippen LogP contribution < -0.4 is 21.4 Å². The highest BCUT2D eigenvalue weighted by molar-refractivity contribution is 6.29. The Bertz CT molecular complexity index is 1000. The molecule has 182 valence electrons. The van der Waals surface area contributed by atoms with Gasteiger partial charge in [0, 0.05) is 36.6 Å². The van der Waals surface area contributed by atoms with Crippen molar-refractivity contribution in [3.05, 3.63) is 35.3 Å². The number of carbonyl (C=O) groups excluding carboxylic acids is 1. The number of aromatic nitrogens is 1. The molecular formula is C23H31ClN8O2. The first kappa shape index (κ1) is 23.1. The highest BCUT2D eigenvalue weighted by Crippen LogP contribution is 2.26. The van der Waals surface area contributed by atoms with Crippen molar-refractivity contribution in [2.75, 3.05) is 25.0 Å². The molecule has 5 N–H and O–H groups in total. The van der Waals surface area contributed by atoms with Crippen LogP contribution in [0.15, 0.2) is 40.1 Å². The SMILES string of the molecule is O=C(Nc1ccnc(Cl)c1)C1CN=C2C(NC3CC3)=CC(=NC3CCC(NCCO)CC3)NN21. The van der Waals surface area contributed by atoms with Crippen molar-refractivity contribution < 1.29 is 9.90 Å². The maximum Gasteiger partial charge on any atom is 0.251 e. The van der Waals surface area contributed by atoms with E-state index < -0.39 is 6.04 Å². The van der Waals surface area contributed by atoms with Gasteiger partial charge in [0.2, 0.25) is 0 Å². The minimum Gasteiger partial charge on any atom is -0.395 e. The van der Waals surface area contributed by atoms with Gasteiger partial charge in [0.25, 0.3) is 5.91 Å². The van der Waals surface area contributed by atoms with Crippen LogP contribution in [-0.2, 0) is 4.79 Å². The van der Waals surface area contributed by atoms with Crippen LogP contribution in [0.5, 0.6) is 0 Å². The van der Waals surface area contributed by atoms with E-state index in [0.29, 0.717) is 36.0 Å². The first-order valence-corrected chi connectivity index (χ1v) is 12.4. The lowest BCUT2D eigenvalue weighted by molar-refractivity contribution is -0.119. The molecule has 4 aliphatic rings. The summed E-state index contributed by atoms with van der Waals surface area (Å²) in [4.78, 5) is 26.7. The van der Waals surface area contributed by atoms with Crippen LogP contribution >= 0.6 is 11.6 Å². The molecule has 0 radical (unpaired) electrons. The number of amidine groups is 2. The molecule has 3 heterocycles. The van der Waals surface area contributed by atoms with E-state index in [-0.39, 0.29) is 18.6 Å². The third kappa shape index (κ3) is 5.51. The molecule has 2 aliphatic carbocycles. The molecule has 0 spiro atoms. The average Bonchev–Trinajstić information content (AvgIpc) is 3.54. The minimum atomic E-state index is -0.504. The second kappa shape index (κ2) is 10.3. The first-order chi connectivity index (χ1) is 16.6. The summed E-state index contributed by atoms with van der Waals surface area (Å²) >= 11 is 5.96. The molecule has 5 rings (SSSR count). The standard InChI is InChI=1S/C23H31ClN8O2/c24-20-11-17(7-8-26-20)30-23(34)19-13-27-22-18(28-15-5-6-15)12-21(31-32(19)22)29-16-3-1-14(2-4-16)25-9-10-33/h7-8,11-12,14-16,19,25,28,33H,1-6,9-10,13H2,(H,29,31)(H,26,30,34). The number of anilines is 1. The zero-order valence-corrected chi connectivity index (χ0v) is 19.8. The van der Waals surface area contributed by atoms with Gasteiger partial charge in [-0.15, -0.1) is 0 Å². The lowest BCUT2D eigenvalue weighted by Gasteiger charge is -2.34. The molecule has 1 aromatic rings. The fourth-order valence-corrected chi connectivity index (χ4v) is 4.76. The lowest BCUT2D eigenvalue weighted by atomic mass is 9.91. The normalized spacial score (nSPS) is 27.5. The molecule has 2 saturated carbocycles. The van der Waals surface area contributed by atoms with Crippen LogP contribution in [0.25, 0.3) is 0 Å². The molecule has 34 heavy (non-hydrogen) atoms. The maximum absolute atomic E-state index is 13.1. The predicted octanol–water partition coefficient (Wildman–Crippen LogP) is 1.20. The van der Waals surface area contributed by atoms with Gasteiger partial charge in [-0.1, -0.05) is 11.6 Å². The number of nitrogens with zero attached hydrogens (tertiary/aromatic N) is 4. The van der Waals surface area contributed by atoms with Crippen LogP contribution in [0.3, 0.4) is 0 Å². The van der Waals surface area contributed by atoms with Crippen molar-refractivity contribution in [1.29, 1.82) is 0 Å². The largest absolute Gasteiger partial charge is 0.395 e. The van der Waals surface area contributed by atoms with Gasteiger partial charge in [-0.3, -0.25) is 25.2 Å². The Morgan fingerprint density at radius 3 is 2.76 bits per heavy atom. The average molecular weight is 487 g/mol. The second-order valence-corrected chi connectivity index (χ2v) is 9.58. The lowest BCUT2D eigenvalue weighted by Crippen LogP contribution is -2.57. The van der Waals surface area contributed by atoms with Crippen molar-refractivity contribution in [2.24, 2.45) is 9.98 Å². The molecule has 11 heteroatoms. The molecule has 10 nitrogen and oxygen atoms in total. The third-order valence-electron chi connectivity index (χ3n) is 6.51. The van der Waals surface area contributed by atoms with Crippen molar-refractivity contribution in [1.82, 2.24) is 26.1 Å². The van der Waals surface area contributed by atoms with Crippen molar-refractivity contribution in [3.8, 4) is 0 Å². The van der Waals surface area contributed by atoms with Gasteiger partial charge in [0.1, 0.15) is 11.0 Å². The monoisotopic (exact) mass is 486 g/mol. The zero-order chi connectivity index (χ0) is 23.5. The van der Waals surface area contributed by atoms with Crippen LogP contribution in [0.4, 0.5) is 5.69 Å². The fourth-order valence-electron chi connectivity index (χ4n) is 4.58. The van der Waals surface area contributed by atoms with E-state index in [9.17, 15) is 4.79 Å². The summed E-state index contributed by atoms with van der Waals surface area (Å²) in [6.45, 7) is 1.15. The molecule has 0 aromatic carbocycles. The topological polar surface area (TPSA) is 126 Å². The molecular weight excluding hydrogens is 456 g/mol. The summed E-state index contributed by atoms with van der Waals surface area (Å²) < 4.78 is 0. The molecule has 2 aliphatic heterocycles. The Kier molecular flexibility index (Phi) is 6.98. The summed E-state index contributed by atoms with van der Waals surface area (Å²) in [5, 5.41) is 21.0. The van der Waals surface area contributed by atoms with E-state index in [2.05, 4.69) is 31.4 Å². The van der Waals surface area contributed by atoms with Crippen molar-refractivity contribution in [2.45, 2.75) is 62.7 Å². The quantitative estimate of drug-likeness (QED) is 0.349. The number of carbonyl (C=O) groups is 1. The number of pyridine rings is 1. The minimum absolute atomic E-state index is 0.163. The van der Waals surface area contributed by atoms with E-state index in [0.717, 1.165) is 55.9 Å². The Balaban J connectivity index is 1.28. The first-order valence-electron chi connectivity index (χ1n) is 12.0. The summed E-state index contributed by atoms with van der Waals surface area (Å²) in [6, 6.07) is 3.95. The summed E-state index contributed by atoms with van der Waals surface area (Å²) in [5.41, 5.74) is 4.87. The molecule has 0 saturated heterocycles. The fraction of sp³-hybridized carbons (Fsp3) is 0.565. The van der Waals surface area contributed by atoms with Gasteiger partial charge < -0.3 is 21.1 Å². The van der Waals surface area contributed by atoms with Gasteiger partial charge in [0.15, 0.2) is 11.9 Å². The number of hydrogen-bond donors (Lipinski definition) is 5. The second-order valence-electron chi connectivity index (χ2n) is 9.19. The van der Waals surface area contributed by atoms with E-state index in [1.807, 2.05) is 11.1 Å². The number of hydrogen-bond acceptors (Lipinski definition) is 8. The molecule has 0 bridgehead atoms. The Morgan fingerprint density at radius 1 is 1.24 bits per heavy atom. The van der Waals surface area contributed by atoms with Crippen LogP contribution in [0.2, 0.25) is 5.15 Å². The summed E-state index contributed by atoms with van der Waals surface area (Å²) in [7, 11) is 0. The Hall–Kier alpha value is -2.69. The van der Waals surface area contributed by atoms with Gasteiger partial charge in [-0.05, 0) is 50.7 Å². The highest BCUT2D eigenvalue weighted by Gasteiger charge is 2.39. The summed E-state index contributed by atoms with van der Waals surface area (Å²) in [6.07, 6.45) is 9.91. The predicted molar refractivity (Wildman–Crippen MR) is 132 cm³/mol. The number of amides is 1. The van der Waals surface area contributed by atoms with Gasteiger partial charge in [-0.2, -0.15) is 0 Å². The van der Waals surface area contributed by atoms with E-state index in [1.54, 1.807) is 18.3 Å². The summed E-state index contributed by atoms with van der Waals surface area (Å²) in [5.74, 6) is 1.33.